The van der Waals surface area contributed by atoms with Crippen LogP contribution in [0.15, 0.2) is 43.0 Å². The van der Waals surface area contributed by atoms with E-state index >= 15 is 0 Å². The largest absolute Gasteiger partial charge is 0.478 e. The molecule has 0 spiro atoms. The van der Waals surface area contributed by atoms with Crippen molar-refractivity contribution in [1.82, 2.24) is 9.55 Å². The first kappa shape index (κ1) is 11.2. The van der Waals surface area contributed by atoms with Crippen molar-refractivity contribution in [1.29, 1.82) is 0 Å². The first-order valence-corrected chi connectivity index (χ1v) is 5.29. The van der Waals surface area contributed by atoms with Crippen molar-refractivity contribution in [3.05, 3.63) is 48.5 Å². The van der Waals surface area contributed by atoms with Crippen LogP contribution in [0.1, 0.15) is 10.4 Å². The summed E-state index contributed by atoms with van der Waals surface area (Å²) in [5, 5.41) is 12.1. The first-order valence-electron chi connectivity index (χ1n) is 5.29. The van der Waals surface area contributed by atoms with E-state index in [9.17, 15) is 4.79 Å². The minimum atomic E-state index is -0.921. The number of aromatic nitrogens is 2. The second-order valence-electron chi connectivity index (χ2n) is 3.58. The fourth-order valence-electron chi connectivity index (χ4n) is 1.56. The smallest absolute Gasteiger partial charge is 0.337 e. The highest BCUT2D eigenvalue weighted by atomic mass is 16.4. The maximum absolute atomic E-state index is 11.0. The quantitative estimate of drug-likeness (QED) is 0.821. The van der Waals surface area contributed by atoms with Gasteiger partial charge in [0.15, 0.2) is 0 Å². The van der Waals surface area contributed by atoms with E-state index in [-0.39, 0.29) is 5.56 Å². The van der Waals surface area contributed by atoms with Gasteiger partial charge >= 0.3 is 5.97 Å². The minimum Gasteiger partial charge on any atom is -0.478 e. The van der Waals surface area contributed by atoms with Gasteiger partial charge in [0.2, 0.25) is 0 Å². The van der Waals surface area contributed by atoms with E-state index in [2.05, 4.69) is 10.3 Å². The van der Waals surface area contributed by atoms with Gasteiger partial charge in [0.1, 0.15) is 0 Å². The molecule has 2 rings (SSSR count). The second kappa shape index (κ2) is 5.16. The second-order valence-corrected chi connectivity index (χ2v) is 3.58. The Morgan fingerprint density at radius 2 is 2.24 bits per heavy atom. The molecule has 88 valence electrons. The molecular weight excluding hydrogens is 218 g/mol. The number of benzene rings is 1. The van der Waals surface area contributed by atoms with E-state index in [0.717, 1.165) is 6.54 Å². The van der Waals surface area contributed by atoms with Crippen molar-refractivity contribution in [3.63, 3.8) is 0 Å². The third-order valence-corrected chi connectivity index (χ3v) is 2.40. The van der Waals surface area contributed by atoms with E-state index in [1.165, 1.54) is 0 Å². The van der Waals surface area contributed by atoms with Crippen molar-refractivity contribution in [2.75, 3.05) is 11.9 Å². The fraction of sp³-hybridized carbons (Fsp3) is 0.167. The highest BCUT2D eigenvalue weighted by molar-refractivity contribution is 5.94. The number of imidazole rings is 1. The zero-order valence-electron chi connectivity index (χ0n) is 9.21. The summed E-state index contributed by atoms with van der Waals surface area (Å²) in [6.45, 7) is 1.40. The van der Waals surface area contributed by atoms with E-state index in [1.807, 2.05) is 16.8 Å². The van der Waals surface area contributed by atoms with Gasteiger partial charge in [-0.25, -0.2) is 9.78 Å². The molecule has 5 nitrogen and oxygen atoms in total. The third-order valence-electron chi connectivity index (χ3n) is 2.40. The Morgan fingerprint density at radius 1 is 1.41 bits per heavy atom. The molecule has 0 aliphatic heterocycles. The molecule has 0 saturated carbocycles. The molecule has 0 amide bonds. The molecule has 0 aliphatic rings. The molecular formula is C12H13N3O2. The van der Waals surface area contributed by atoms with Crippen LogP contribution in [0.2, 0.25) is 0 Å². The van der Waals surface area contributed by atoms with Gasteiger partial charge in [-0.05, 0) is 12.1 Å². The number of para-hydroxylation sites is 1. The fourth-order valence-corrected chi connectivity index (χ4v) is 1.56. The van der Waals surface area contributed by atoms with Gasteiger partial charge in [-0.1, -0.05) is 12.1 Å². The maximum atomic E-state index is 11.0. The lowest BCUT2D eigenvalue weighted by molar-refractivity contribution is 0.0698. The maximum Gasteiger partial charge on any atom is 0.337 e. The van der Waals surface area contributed by atoms with Crippen molar-refractivity contribution < 1.29 is 9.90 Å². The SMILES string of the molecule is O=C(O)c1ccccc1NCCn1ccnc1. The summed E-state index contributed by atoms with van der Waals surface area (Å²) in [6.07, 6.45) is 5.31. The molecule has 17 heavy (non-hydrogen) atoms. The average Bonchev–Trinajstić information content (AvgIpc) is 2.82. The summed E-state index contributed by atoms with van der Waals surface area (Å²) >= 11 is 0. The Kier molecular flexibility index (Phi) is 3.40. The average molecular weight is 231 g/mol. The molecule has 0 bridgehead atoms. The monoisotopic (exact) mass is 231 g/mol. The zero-order chi connectivity index (χ0) is 12.1. The molecule has 0 saturated heterocycles. The number of nitrogens with zero attached hydrogens (tertiary/aromatic N) is 2. The molecule has 5 heteroatoms. The number of carbonyl (C=O) groups is 1. The summed E-state index contributed by atoms with van der Waals surface area (Å²) in [5.41, 5.74) is 0.929. The molecule has 0 radical (unpaired) electrons. The number of carboxylic acid groups (broad SMARTS) is 1. The standard InChI is InChI=1S/C12H13N3O2/c16-12(17)10-3-1-2-4-11(10)14-6-8-15-7-5-13-9-15/h1-5,7,9,14H,6,8H2,(H,16,17). The van der Waals surface area contributed by atoms with E-state index < -0.39 is 5.97 Å². The van der Waals surface area contributed by atoms with Gasteiger partial charge in [-0.2, -0.15) is 0 Å². The summed E-state index contributed by atoms with van der Waals surface area (Å²) in [5.74, 6) is -0.921. The molecule has 2 N–H and O–H groups in total. The van der Waals surface area contributed by atoms with E-state index in [0.29, 0.717) is 12.2 Å². The number of carboxylic acids is 1. The van der Waals surface area contributed by atoms with Crippen LogP contribution in [-0.2, 0) is 6.54 Å². The molecule has 0 aliphatic carbocycles. The molecule has 0 unspecified atom stereocenters. The van der Waals surface area contributed by atoms with Crippen LogP contribution in [0.25, 0.3) is 0 Å². The number of aromatic carboxylic acids is 1. The minimum absolute atomic E-state index is 0.290. The number of rotatable bonds is 5. The van der Waals surface area contributed by atoms with Crippen LogP contribution in [-0.4, -0.2) is 27.2 Å². The summed E-state index contributed by atoms with van der Waals surface area (Å²) in [6, 6.07) is 6.87. The van der Waals surface area contributed by atoms with Gasteiger partial charge in [0, 0.05) is 31.2 Å². The van der Waals surface area contributed by atoms with Gasteiger partial charge in [0.05, 0.1) is 11.9 Å². The van der Waals surface area contributed by atoms with Crippen LogP contribution in [0.4, 0.5) is 5.69 Å². The Balaban J connectivity index is 1.97. The topological polar surface area (TPSA) is 67.2 Å². The molecule has 2 aromatic rings. The van der Waals surface area contributed by atoms with Crippen molar-refractivity contribution in [2.45, 2.75) is 6.54 Å². The summed E-state index contributed by atoms with van der Waals surface area (Å²) < 4.78 is 1.93. The highest BCUT2D eigenvalue weighted by Gasteiger charge is 2.07. The zero-order valence-corrected chi connectivity index (χ0v) is 9.21. The number of nitrogens with one attached hydrogen (secondary N) is 1. The van der Waals surface area contributed by atoms with Crippen LogP contribution in [0.3, 0.4) is 0 Å². The predicted molar refractivity (Wildman–Crippen MR) is 64.1 cm³/mol. The third kappa shape index (κ3) is 2.84. The lowest BCUT2D eigenvalue weighted by Crippen LogP contribution is -2.12. The van der Waals surface area contributed by atoms with Gasteiger partial charge in [0.25, 0.3) is 0 Å². The van der Waals surface area contributed by atoms with Crippen molar-refractivity contribution in [3.8, 4) is 0 Å². The Morgan fingerprint density at radius 3 is 2.94 bits per heavy atom. The van der Waals surface area contributed by atoms with Gasteiger partial charge in [-0.15, -0.1) is 0 Å². The summed E-state index contributed by atoms with van der Waals surface area (Å²) in [7, 11) is 0. The lowest BCUT2D eigenvalue weighted by Gasteiger charge is -2.09. The van der Waals surface area contributed by atoms with Crippen molar-refractivity contribution in [2.24, 2.45) is 0 Å². The van der Waals surface area contributed by atoms with Crippen LogP contribution in [0.5, 0.6) is 0 Å². The predicted octanol–water partition coefficient (Wildman–Crippen LogP) is 1.69. The van der Waals surface area contributed by atoms with Crippen LogP contribution in [0, 0.1) is 0 Å². The van der Waals surface area contributed by atoms with Gasteiger partial charge < -0.3 is 15.0 Å². The number of hydrogen-bond donors (Lipinski definition) is 2. The Labute approximate surface area is 98.7 Å². The van der Waals surface area contributed by atoms with Crippen molar-refractivity contribution >= 4 is 11.7 Å². The molecule has 1 heterocycles. The lowest BCUT2D eigenvalue weighted by atomic mass is 10.2. The number of anilines is 1. The molecule has 0 fully saturated rings. The molecule has 0 atom stereocenters. The Bertz CT molecular complexity index is 494. The van der Waals surface area contributed by atoms with E-state index in [4.69, 9.17) is 5.11 Å². The highest BCUT2D eigenvalue weighted by Crippen LogP contribution is 2.14. The van der Waals surface area contributed by atoms with E-state index in [1.54, 1.807) is 30.7 Å². The molecule has 1 aromatic heterocycles. The first-order chi connectivity index (χ1) is 8.27. The van der Waals surface area contributed by atoms with Crippen LogP contribution >= 0.6 is 0 Å². The normalized spacial score (nSPS) is 10.1. The molecule has 1 aromatic carbocycles. The van der Waals surface area contributed by atoms with Crippen LogP contribution < -0.4 is 5.32 Å². The Hall–Kier alpha value is -2.30. The summed E-state index contributed by atoms with van der Waals surface area (Å²) in [4.78, 5) is 14.9. The number of hydrogen-bond acceptors (Lipinski definition) is 3. The van der Waals surface area contributed by atoms with Gasteiger partial charge in [-0.3, -0.25) is 0 Å².